The number of nitrogens with one attached hydrogen (secondary N) is 3. The summed E-state index contributed by atoms with van der Waals surface area (Å²) < 4.78 is 18.3. The lowest BCUT2D eigenvalue weighted by atomic mass is 10.0. The molecule has 2 saturated heterocycles. The molecule has 14 nitrogen and oxygen atoms in total. The van der Waals surface area contributed by atoms with Crippen molar-refractivity contribution in [2.45, 2.75) is 78.6 Å². The standard InChI is InChI=1S/C44H51N7O7S2/c1-21(2)37(48-43(54)56-7)41(52)50-19-23(5)13-30(50)39-45-27-11-9-25(15-29(27)46-39)33-17-35-36(59-33)18-34(60-35)26-10-12-28-32(16-26)58-40(47-28)31-14-24(6)20-51(31)42(53)38(22(3)4)49-44(55)57-8/h9-12,15-18,21-24,30-31,37-38H,13-14,19-20H2,1-8H3,(H,45,46)(H,48,54)(H,49,55). The minimum Gasteiger partial charge on any atom is -0.453 e. The first-order valence-corrected chi connectivity index (χ1v) is 22.1. The van der Waals surface area contributed by atoms with E-state index >= 15 is 0 Å². The number of carbonyl (C=O) groups is 4. The van der Waals surface area contributed by atoms with E-state index in [-0.39, 0.29) is 47.6 Å². The summed E-state index contributed by atoms with van der Waals surface area (Å²) in [6, 6.07) is 14.7. The molecule has 6 atom stereocenters. The predicted molar refractivity (Wildman–Crippen MR) is 233 cm³/mol. The smallest absolute Gasteiger partial charge is 0.407 e. The van der Waals surface area contributed by atoms with Gasteiger partial charge in [0.2, 0.25) is 17.7 Å². The van der Waals surface area contributed by atoms with Crippen molar-refractivity contribution in [2.24, 2.45) is 23.7 Å². The normalized spacial score (nSPS) is 20.4. The highest BCUT2D eigenvalue weighted by Crippen LogP contribution is 2.44. The van der Waals surface area contributed by atoms with Crippen LogP contribution < -0.4 is 10.6 Å². The molecule has 0 spiro atoms. The Balaban J connectivity index is 1.00. The Kier molecular flexibility index (Phi) is 11.4. The molecule has 6 aromatic rings. The number of aromatic amines is 1. The van der Waals surface area contributed by atoms with Gasteiger partial charge in [0.05, 0.1) is 31.3 Å². The average molecular weight is 854 g/mol. The molecule has 0 radical (unpaired) electrons. The predicted octanol–water partition coefficient (Wildman–Crippen LogP) is 8.89. The fourth-order valence-electron chi connectivity index (χ4n) is 8.53. The van der Waals surface area contributed by atoms with E-state index in [1.165, 1.54) is 23.6 Å². The number of benzene rings is 2. The number of alkyl carbamates (subject to hydrolysis) is 2. The number of imidazole rings is 1. The Morgan fingerprint density at radius 1 is 0.733 bits per heavy atom. The summed E-state index contributed by atoms with van der Waals surface area (Å²) in [6.07, 6.45) is 0.218. The van der Waals surface area contributed by atoms with Gasteiger partial charge in [-0.1, -0.05) is 53.7 Å². The first kappa shape index (κ1) is 41.3. The summed E-state index contributed by atoms with van der Waals surface area (Å²) in [6.45, 7) is 13.0. The Morgan fingerprint density at radius 2 is 1.25 bits per heavy atom. The largest absolute Gasteiger partial charge is 0.453 e. The van der Waals surface area contributed by atoms with E-state index in [1.807, 2.05) is 50.8 Å². The Morgan fingerprint density at radius 3 is 1.80 bits per heavy atom. The van der Waals surface area contributed by atoms with E-state index in [0.29, 0.717) is 31.0 Å². The molecule has 16 heteroatoms. The van der Waals surface area contributed by atoms with Crippen molar-refractivity contribution in [3.8, 4) is 20.9 Å². The van der Waals surface area contributed by atoms with Gasteiger partial charge in [-0.3, -0.25) is 9.59 Å². The number of amides is 4. The van der Waals surface area contributed by atoms with Crippen molar-refractivity contribution in [3.63, 3.8) is 0 Å². The highest BCUT2D eigenvalue weighted by atomic mass is 32.1. The number of hydrogen-bond donors (Lipinski definition) is 3. The number of likely N-dealkylation sites (tertiary alicyclic amines) is 2. The van der Waals surface area contributed by atoms with Crippen LogP contribution in [0.2, 0.25) is 0 Å². The van der Waals surface area contributed by atoms with Gasteiger partial charge in [-0.15, -0.1) is 22.7 Å². The third kappa shape index (κ3) is 7.94. The molecule has 6 heterocycles. The molecule has 2 aliphatic rings. The Labute approximate surface area is 356 Å². The first-order chi connectivity index (χ1) is 28.7. The molecule has 316 valence electrons. The van der Waals surface area contributed by atoms with Crippen LogP contribution in [-0.4, -0.2) is 88.1 Å². The number of fused-ring (bicyclic) bond motifs is 3. The van der Waals surface area contributed by atoms with E-state index in [2.05, 4.69) is 59.8 Å². The molecule has 6 unspecified atom stereocenters. The van der Waals surface area contributed by atoms with Crippen LogP contribution in [-0.2, 0) is 19.1 Å². The number of oxazole rings is 1. The van der Waals surface area contributed by atoms with Crippen LogP contribution in [0.3, 0.4) is 0 Å². The summed E-state index contributed by atoms with van der Waals surface area (Å²) in [5, 5.41) is 5.44. The quantitative estimate of drug-likeness (QED) is 0.122. The lowest BCUT2D eigenvalue weighted by Crippen LogP contribution is -2.51. The van der Waals surface area contributed by atoms with E-state index in [0.717, 1.165) is 49.7 Å². The van der Waals surface area contributed by atoms with Gasteiger partial charge in [-0.25, -0.2) is 19.6 Å². The number of H-pyrrole nitrogens is 1. The summed E-state index contributed by atoms with van der Waals surface area (Å²) >= 11 is 3.45. The second kappa shape index (κ2) is 16.5. The molecule has 60 heavy (non-hydrogen) atoms. The van der Waals surface area contributed by atoms with Gasteiger partial charge >= 0.3 is 12.2 Å². The maximum atomic E-state index is 13.8. The molecule has 4 aromatic heterocycles. The molecular weight excluding hydrogens is 803 g/mol. The van der Waals surface area contributed by atoms with Crippen LogP contribution in [0.25, 0.3) is 52.4 Å². The number of aromatic nitrogens is 3. The highest BCUT2D eigenvalue weighted by Gasteiger charge is 2.42. The Bertz CT molecular complexity index is 2390. The number of carbonyl (C=O) groups excluding carboxylic acids is 4. The van der Waals surface area contributed by atoms with E-state index in [4.69, 9.17) is 23.9 Å². The molecule has 2 aromatic carbocycles. The van der Waals surface area contributed by atoms with Crippen molar-refractivity contribution < 1.29 is 33.1 Å². The molecule has 4 amide bonds. The van der Waals surface area contributed by atoms with Crippen molar-refractivity contribution in [2.75, 3.05) is 27.3 Å². The van der Waals surface area contributed by atoms with E-state index in [1.54, 1.807) is 27.6 Å². The Hall–Kier alpha value is -5.48. The van der Waals surface area contributed by atoms with Gasteiger partial charge < -0.3 is 39.3 Å². The van der Waals surface area contributed by atoms with E-state index in [9.17, 15) is 19.2 Å². The van der Waals surface area contributed by atoms with Gasteiger partial charge in [-0.05, 0) is 84.0 Å². The fourth-order valence-corrected chi connectivity index (χ4v) is 10.9. The van der Waals surface area contributed by atoms with Crippen LogP contribution in [0, 0.1) is 23.7 Å². The summed E-state index contributed by atoms with van der Waals surface area (Å²) in [7, 11) is 2.58. The first-order valence-electron chi connectivity index (χ1n) is 20.4. The van der Waals surface area contributed by atoms with Crippen LogP contribution in [0.4, 0.5) is 9.59 Å². The zero-order valence-corrected chi connectivity index (χ0v) is 36.7. The number of hydrogen-bond acceptors (Lipinski definition) is 11. The van der Waals surface area contributed by atoms with Gasteiger partial charge in [0.25, 0.3) is 0 Å². The second-order valence-corrected chi connectivity index (χ2v) is 19.1. The van der Waals surface area contributed by atoms with Crippen molar-refractivity contribution >= 4 is 78.2 Å². The third-order valence-corrected chi connectivity index (χ3v) is 14.0. The summed E-state index contributed by atoms with van der Waals surface area (Å²) in [5.41, 5.74) is 5.21. The highest BCUT2D eigenvalue weighted by molar-refractivity contribution is 7.31. The van der Waals surface area contributed by atoms with Crippen molar-refractivity contribution in [1.29, 1.82) is 0 Å². The van der Waals surface area contributed by atoms with Crippen LogP contribution in [0.1, 0.15) is 78.2 Å². The number of thiophene rings is 2. The van der Waals surface area contributed by atoms with Crippen LogP contribution in [0.5, 0.6) is 0 Å². The SMILES string of the molecule is COC(=O)NC(C(=O)N1CC(C)CC1c1nc2ccc(-c3cc4sc(-c5ccc6nc(C7CC(C)CN7C(=O)C(NC(=O)OC)C(C)C)oc6c5)cc4s3)cc2[nH]1)C(C)C. The number of ether oxygens (including phenoxy) is 2. The number of rotatable bonds is 10. The maximum Gasteiger partial charge on any atom is 0.407 e. The number of methoxy groups -OCH3 is 2. The van der Waals surface area contributed by atoms with E-state index < -0.39 is 24.3 Å². The van der Waals surface area contributed by atoms with Crippen molar-refractivity contribution in [1.82, 2.24) is 35.4 Å². The van der Waals surface area contributed by atoms with Crippen LogP contribution in [0.15, 0.2) is 52.9 Å². The molecule has 0 saturated carbocycles. The van der Waals surface area contributed by atoms with Gasteiger partial charge in [0, 0.05) is 32.2 Å². The zero-order valence-electron chi connectivity index (χ0n) is 35.0. The maximum absolute atomic E-state index is 13.8. The molecule has 2 aliphatic heterocycles. The molecule has 8 rings (SSSR count). The lowest BCUT2D eigenvalue weighted by molar-refractivity contribution is -0.136. The molecule has 0 aliphatic carbocycles. The topological polar surface area (TPSA) is 172 Å². The minimum absolute atomic E-state index is 0.117. The van der Waals surface area contributed by atoms with Crippen molar-refractivity contribution in [3.05, 3.63) is 60.2 Å². The third-order valence-electron chi connectivity index (χ3n) is 11.7. The lowest BCUT2D eigenvalue weighted by Gasteiger charge is -2.30. The minimum atomic E-state index is -0.728. The fraction of sp³-hybridized carbons (Fsp3) is 0.455. The van der Waals surface area contributed by atoms with Crippen LogP contribution >= 0.6 is 22.7 Å². The molecule has 0 bridgehead atoms. The van der Waals surface area contributed by atoms with Gasteiger partial charge in [0.1, 0.15) is 29.5 Å². The van der Waals surface area contributed by atoms with Gasteiger partial charge in [-0.2, -0.15) is 0 Å². The second-order valence-electron chi connectivity index (χ2n) is 16.9. The van der Waals surface area contributed by atoms with Gasteiger partial charge in [0.15, 0.2) is 5.58 Å². The molecular formula is C44H51N7O7S2. The number of nitrogens with zero attached hydrogens (tertiary/aromatic N) is 4. The summed E-state index contributed by atoms with van der Waals surface area (Å²) in [5.74, 6) is 1.19. The average Bonchev–Trinajstić information content (AvgIpc) is 4.07. The molecule has 2 fully saturated rings. The monoisotopic (exact) mass is 853 g/mol. The summed E-state index contributed by atoms with van der Waals surface area (Å²) in [4.78, 5) is 70.9. The molecule has 3 N–H and O–H groups in total. The zero-order chi connectivity index (χ0) is 42.6.